The standard InChI is InChI=1S/C25H16Br2F3NO3S2/c1-33-20-10-15(9-19(27)22(20)34-13-14-5-7-17(26)8-6-14)11-21-23(32)31(24(35)36-21)18-4-2-3-16(12-18)25(28,29)30/h2-12H,13H2,1H3/b21-11-. The number of thiocarbonyl (C=S) groups is 1. The zero-order valence-electron chi connectivity index (χ0n) is 18.4. The second-order valence-electron chi connectivity index (χ2n) is 7.51. The SMILES string of the molecule is COc1cc(/C=C2\SC(=S)N(c3cccc(C(F)(F)F)c3)C2=O)cc(Br)c1OCc1ccc(Br)cc1. The molecule has 3 aromatic rings. The summed E-state index contributed by atoms with van der Waals surface area (Å²) in [6.45, 7) is 0.317. The quantitative estimate of drug-likeness (QED) is 0.197. The molecular formula is C25H16Br2F3NO3S2. The number of amides is 1. The fraction of sp³-hybridized carbons (Fsp3) is 0.120. The van der Waals surface area contributed by atoms with Crippen LogP contribution in [0.1, 0.15) is 16.7 Å². The molecule has 1 heterocycles. The van der Waals surface area contributed by atoms with Gasteiger partial charge in [0.25, 0.3) is 5.91 Å². The number of methoxy groups -OCH3 is 1. The van der Waals surface area contributed by atoms with E-state index in [2.05, 4.69) is 31.9 Å². The van der Waals surface area contributed by atoms with Gasteiger partial charge in [0.2, 0.25) is 0 Å². The Morgan fingerprint density at radius 2 is 1.81 bits per heavy atom. The van der Waals surface area contributed by atoms with E-state index in [4.69, 9.17) is 21.7 Å². The first-order chi connectivity index (χ1) is 17.1. The van der Waals surface area contributed by atoms with Crippen LogP contribution in [-0.4, -0.2) is 17.3 Å². The monoisotopic (exact) mass is 657 g/mol. The third kappa shape index (κ3) is 5.96. The number of carbonyl (C=O) groups is 1. The second-order valence-corrected chi connectivity index (χ2v) is 11.0. The molecule has 3 aromatic carbocycles. The molecule has 0 spiro atoms. The average Bonchev–Trinajstić information content (AvgIpc) is 3.11. The highest BCUT2D eigenvalue weighted by Crippen LogP contribution is 2.41. The maximum atomic E-state index is 13.1. The van der Waals surface area contributed by atoms with Crippen molar-refractivity contribution in [3.05, 3.63) is 91.2 Å². The number of benzene rings is 3. The highest BCUT2D eigenvalue weighted by Gasteiger charge is 2.36. The first-order valence-electron chi connectivity index (χ1n) is 10.3. The van der Waals surface area contributed by atoms with Crippen LogP contribution in [-0.2, 0) is 17.6 Å². The maximum absolute atomic E-state index is 13.1. The number of halogens is 5. The summed E-state index contributed by atoms with van der Waals surface area (Å²) < 4.78 is 52.6. The van der Waals surface area contributed by atoms with Crippen molar-refractivity contribution < 1.29 is 27.4 Å². The van der Waals surface area contributed by atoms with Crippen molar-refractivity contribution in [1.82, 2.24) is 0 Å². The Morgan fingerprint density at radius 3 is 2.47 bits per heavy atom. The molecule has 4 nitrogen and oxygen atoms in total. The number of rotatable bonds is 6. The van der Waals surface area contributed by atoms with Crippen molar-refractivity contribution in [3.8, 4) is 11.5 Å². The maximum Gasteiger partial charge on any atom is 0.416 e. The first-order valence-corrected chi connectivity index (χ1v) is 13.1. The fourth-order valence-electron chi connectivity index (χ4n) is 3.36. The van der Waals surface area contributed by atoms with Gasteiger partial charge in [-0.25, -0.2) is 0 Å². The molecule has 4 rings (SSSR count). The largest absolute Gasteiger partial charge is 0.493 e. The van der Waals surface area contributed by atoms with E-state index in [9.17, 15) is 18.0 Å². The van der Waals surface area contributed by atoms with Crippen molar-refractivity contribution in [2.24, 2.45) is 0 Å². The van der Waals surface area contributed by atoms with Crippen LogP contribution in [0.25, 0.3) is 6.08 Å². The van der Waals surface area contributed by atoms with Crippen LogP contribution in [0.2, 0.25) is 0 Å². The molecule has 0 aromatic heterocycles. The van der Waals surface area contributed by atoms with Crippen LogP contribution in [0, 0.1) is 0 Å². The molecule has 0 atom stereocenters. The van der Waals surface area contributed by atoms with Gasteiger partial charge in [-0.15, -0.1) is 0 Å². The van der Waals surface area contributed by atoms with Gasteiger partial charge in [-0.2, -0.15) is 13.2 Å². The molecule has 0 bridgehead atoms. The number of alkyl halides is 3. The average molecular weight is 659 g/mol. The minimum Gasteiger partial charge on any atom is -0.493 e. The van der Waals surface area contributed by atoms with Crippen molar-refractivity contribution in [2.75, 3.05) is 12.0 Å². The molecule has 1 fully saturated rings. The van der Waals surface area contributed by atoms with Gasteiger partial charge < -0.3 is 9.47 Å². The predicted molar refractivity (Wildman–Crippen MR) is 146 cm³/mol. The summed E-state index contributed by atoms with van der Waals surface area (Å²) in [5.41, 5.74) is 0.797. The predicted octanol–water partition coefficient (Wildman–Crippen LogP) is 8.22. The van der Waals surface area contributed by atoms with Crippen LogP contribution >= 0.6 is 55.8 Å². The zero-order chi connectivity index (χ0) is 26.0. The molecule has 0 saturated carbocycles. The number of thioether (sulfide) groups is 1. The number of hydrogen-bond acceptors (Lipinski definition) is 5. The van der Waals surface area contributed by atoms with Gasteiger partial charge in [-0.1, -0.05) is 58.1 Å². The highest BCUT2D eigenvalue weighted by atomic mass is 79.9. The zero-order valence-corrected chi connectivity index (χ0v) is 23.2. The van der Waals surface area contributed by atoms with E-state index in [1.54, 1.807) is 18.2 Å². The minimum absolute atomic E-state index is 0.0613. The van der Waals surface area contributed by atoms with Crippen LogP contribution in [0.15, 0.2) is 74.5 Å². The summed E-state index contributed by atoms with van der Waals surface area (Å²) >= 11 is 13.2. The molecule has 186 valence electrons. The number of ether oxygens (including phenoxy) is 2. The molecule has 1 aliphatic heterocycles. The molecule has 1 aliphatic rings. The molecular weight excluding hydrogens is 643 g/mol. The Morgan fingerprint density at radius 1 is 1.08 bits per heavy atom. The molecule has 36 heavy (non-hydrogen) atoms. The summed E-state index contributed by atoms with van der Waals surface area (Å²) in [4.78, 5) is 14.4. The Bertz CT molecular complexity index is 1360. The lowest BCUT2D eigenvalue weighted by Crippen LogP contribution is -2.27. The molecule has 1 saturated heterocycles. The van der Waals surface area contributed by atoms with Crippen molar-refractivity contribution in [2.45, 2.75) is 12.8 Å². The molecule has 0 radical (unpaired) electrons. The summed E-state index contributed by atoms with van der Waals surface area (Å²) in [6.07, 6.45) is -2.92. The third-order valence-electron chi connectivity index (χ3n) is 5.07. The molecule has 0 unspecified atom stereocenters. The van der Waals surface area contributed by atoms with Gasteiger partial charge in [0.1, 0.15) is 6.61 Å². The Kier molecular flexibility index (Phi) is 8.13. The van der Waals surface area contributed by atoms with Gasteiger partial charge in [0, 0.05) is 4.47 Å². The van der Waals surface area contributed by atoms with Gasteiger partial charge >= 0.3 is 6.18 Å². The lowest BCUT2D eigenvalue weighted by atomic mass is 10.1. The second kappa shape index (κ2) is 11.0. The number of hydrogen-bond donors (Lipinski definition) is 0. The van der Waals surface area contributed by atoms with Crippen LogP contribution in [0.5, 0.6) is 11.5 Å². The molecule has 1 amide bonds. The lowest BCUT2D eigenvalue weighted by Gasteiger charge is -2.16. The number of anilines is 1. The van der Waals surface area contributed by atoms with E-state index >= 15 is 0 Å². The van der Waals surface area contributed by atoms with E-state index in [-0.39, 0.29) is 14.9 Å². The van der Waals surface area contributed by atoms with Crippen molar-refractivity contribution in [3.63, 3.8) is 0 Å². The Hall–Kier alpha value is -2.34. The van der Waals surface area contributed by atoms with Crippen LogP contribution in [0.4, 0.5) is 18.9 Å². The number of carbonyl (C=O) groups excluding carboxylic acids is 1. The van der Waals surface area contributed by atoms with E-state index in [0.29, 0.717) is 28.1 Å². The Balaban J connectivity index is 1.58. The fourth-order valence-corrected chi connectivity index (χ4v) is 5.50. The lowest BCUT2D eigenvalue weighted by molar-refractivity contribution is -0.137. The van der Waals surface area contributed by atoms with E-state index in [0.717, 1.165) is 38.8 Å². The third-order valence-corrected chi connectivity index (χ3v) is 7.49. The van der Waals surface area contributed by atoms with E-state index < -0.39 is 17.6 Å². The van der Waals surface area contributed by atoms with Crippen LogP contribution < -0.4 is 14.4 Å². The van der Waals surface area contributed by atoms with Crippen LogP contribution in [0.3, 0.4) is 0 Å². The van der Waals surface area contributed by atoms with Crippen molar-refractivity contribution >= 4 is 77.8 Å². The summed E-state index contributed by atoms with van der Waals surface area (Å²) in [5, 5.41) is 0. The summed E-state index contributed by atoms with van der Waals surface area (Å²) in [7, 11) is 1.51. The Labute approximate surface area is 231 Å². The van der Waals surface area contributed by atoms with Gasteiger partial charge in [0.15, 0.2) is 15.8 Å². The van der Waals surface area contributed by atoms with E-state index in [1.807, 2.05) is 24.3 Å². The molecule has 0 aliphatic carbocycles. The highest BCUT2D eigenvalue weighted by molar-refractivity contribution is 9.10. The normalized spacial score (nSPS) is 15.1. The topological polar surface area (TPSA) is 38.8 Å². The molecule has 0 N–H and O–H groups in total. The van der Waals surface area contributed by atoms with Gasteiger partial charge in [-0.05, 0) is 75.6 Å². The smallest absolute Gasteiger partial charge is 0.416 e. The summed E-state index contributed by atoms with van der Waals surface area (Å²) in [5.74, 6) is 0.435. The van der Waals surface area contributed by atoms with Gasteiger partial charge in [0.05, 0.1) is 27.7 Å². The van der Waals surface area contributed by atoms with Crippen molar-refractivity contribution in [1.29, 1.82) is 0 Å². The minimum atomic E-state index is -4.53. The summed E-state index contributed by atoms with van der Waals surface area (Å²) in [6, 6.07) is 15.7. The van der Waals surface area contributed by atoms with E-state index in [1.165, 1.54) is 19.2 Å². The first kappa shape index (κ1) is 26.7. The molecule has 11 heteroatoms. The van der Waals surface area contributed by atoms with Gasteiger partial charge in [-0.3, -0.25) is 9.69 Å². The number of nitrogens with zero attached hydrogens (tertiary/aromatic N) is 1.